The van der Waals surface area contributed by atoms with Crippen molar-refractivity contribution in [2.45, 2.75) is 110 Å². The number of nitrogen functional groups attached to an aromatic ring is 1. The first-order chi connectivity index (χ1) is 33.1. The van der Waals surface area contributed by atoms with Gasteiger partial charge in [0, 0.05) is 49.7 Å². The van der Waals surface area contributed by atoms with Gasteiger partial charge in [-0.3, -0.25) is 32.5 Å². The van der Waals surface area contributed by atoms with Gasteiger partial charge in [0.1, 0.15) is 36.3 Å². The Labute approximate surface area is 415 Å². The lowest BCUT2D eigenvalue weighted by Crippen LogP contribution is -2.46. The Hall–Kier alpha value is -3.30. The number of phosphoric acid groups is 3. The number of fused-ring (bicyclic) bond motifs is 1. The van der Waals surface area contributed by atoms with Gasteiger partial charge in [-0.1, -0.05) is 76.7 Å². The lowest BCUT2D eigenvalue weighted by atomic mass is 9.86. The van der Waals surface area contributed by atoms with Crippen molar-refractivity contribution < 1.29 is 85.2 Å². The van der Waals surface area contributed by atoms with E-state index < -0.39 is 90.5 Å². The molecule has 1 aliphatic heterocycles. The summed E-state index contributed by atoms with van der Waals surface area (Å²) in [7, 11) is -14.7. The number of nitrogens with zero attached hydrogens (tertiary/aromatic N) is 4. The van der Waals surface area contributed by atoms with Crippen LogP contribution in [-0.4, -0.2) is 142 Å². The number of thioether (sulfide) groups is 1. The monoisotopic (exact) mass is 1080 g/mol. The van der Waals surface area contributed by atoms with Crippen molar-refractivity contribution >= 4 is 69.1 Å². The number of nitrogens with two attached hydrogens (primary N) is 2. The number of phosphoric ester groups is 3. The average molecular weight is 1090 g/mol. The predicted molar refractivity (Wildman–Crippen MR) is 257 cm³/mol. The van der Waals surface area contributed by atoms with Gasteiger partial charge >= 0.3 is 23.5 Å². The number of carbonyl (C=O) groups is 3. The second kappa shape index (κ2) is 26.8. The summed E-state index contributed by atoms with van der Waals surface area (Å²) in [6.45, 7) is 6.57. The molecular formula is C41H67N8O18P3S. The number of carbonyl (C=O) groups excluding carboxylic acids is 3. The zero-order chi connectivity index (χ0) is 52.9. The number of anilines is 1. The molecule has 2 aromatic heterocycles. The number of methoxy groups -OCH3 is 1. The molecule has 30 heteroatoms. The van der Waals surface area contributed by atoms with Crippen LogP contribution in [0.1, 0.15) is 72.1 Å². The number of hydrogen-bond acceptors (Lipinski definition) is 20. The summed E-state index contributed by atoms with van der Waals surface area (Å²) in [4.78, 5) is 89.4. The van der Waals surface area contributed by atoms with Crippen molar-refractivity contribution in [3.63, 3.8) is 0 Å². The fourth-order valence-electron chi connectivity index (χ4n) is 7.58. The van der Waals surface area contributed by atoms with Crippen molar-refractivity contribution in [1.29, 1.82) is 0 Å². The van der Waals surface area contributed by atoms with Crippen molar-refractivity contribution in [3.05, 3.63) is 48.5 Å². The molecule has 400 valence electrons. The molecule has 0 spiro atoms. The Morgan fingerprint density at radius 1 is 0.972 bits per heavy atom. The van der Waals surface area contributed by atoms with Crippen LogP contribution in [0.15, 0.2) is 43.0 Å². The van der Waals surface area contributed by atoms with Crippen LogP contribution >= 0.6 is 35.2 Å². The quantitative estimate of drug-likeness (QED) is 0.0338. The van der Waals surface area contributed by atoms with Gasteiger partial charge in [0.25, 0.3) is 0 Å². The van der Waals surface area contributed by atoms with E-state index >= 15 is 0 Å². The first-order valence-corrected chi connectivity index (χ1v) is 28.0. The Morgan fingerprint density at radius 3 is 2.31 bits per heavy atom. The summed E-state index contributed by atoms with van der Waals surface area (Å²) in [6.07, 6.45) is -3.59. The number of benzene rings is 1. The summed E-state index contributed by atoms with van der Waals surface area (Å²) in [6, 6.07) is 9.88. The van der Waals surface area contributed by atoms with E-state index in [2.05, 4.69) is 60.4 Å². The maximum atomic E-state index is 12.9. The number of aromatic nitrogens is 4. The van der Waals surface area contributed by atoms with Crippen LogP contribution in [0.4, 0.5) is 5.82 Å². The van der Waals surface area contributed by atoms with Crippen molar-refractivity contribution in [2.75, 3.05) is 44.9 Å². The van der Waals surface area contributed by atoms with E-state index in [4.69, 9.17) is 30.0 Å². The Bertz CT molecular complexity index is 2370. The molecule has 26 nitrogen and oxygen atoms in total. The first-order valence-electron chi connectivity index (χ1n) is 22.5. The van der Waals surface area contributed by atoms with Crippen LogP contribution < -0.4 is 22.1 Å². The smallest absolute Gasteiger partial charge is 0.386 e. The molecule has 2 amide bonds. The number of aliphatic hydroxyl groups excluding tert-OH is 2. The summed E-state index contributed by atoms with van der Waals surface area (Å²) < 4.78 is 68.4. The molecule has 3 aromatic rings. The molecule has 0 aliphatic carbocycles. The van der Waals surface area contributed by atoms with Gasteiger partial charge in [0.2, 0.25) is 11.8 Å². The number of imidazole rings is 1. The van der Waals surface area contributed by atoms with Gasteiger partial charge in [-0.15, -0.1) is 0 Å². The highest BCUT2D eigenvalue weighted by atomic mass is 32.2. The third-order valence-corrected chi connectivity index (χ3v) is 15.9. The maximum Gasteiger partial charge on any atom is 0.481 e. The van der Waals surface area contributed by atoms with Gasteiger partial charge < -0.3 is 61.4 Å². The van der Waals surface area contributed by atoms with Gasteiger partial charge in [-0.05, 0) is 43.1 Å². The van der Waals surface area contributed by atoms with Gasteiger partial charge in [0.15, 0.2) is 22.8 Å². The van der Waals surface area contributed by atoms with Crippen LogP contribution in [0.3, 0.4) is 0 Å². The summed E-state index contributed by atoms with van der Waals surface area (Å²) in [5, 5.41) is 26.6. The molecule has 4 rings (SSSR count). The molecule has 71 heavy (non-hydrogen) atoms. The molecular weight excluding hydrogens is 1020 g/mol. The summed E-state index contributed by atoms with van der Waals surface area (Å²) in [5.74, 6) is -0.893. The minimum atomic E-state index is -5.59. The van der Waals surface area contributed by atoms with Crippen LogP contribution in [0, 0.1) is 23.2 Å². The van der Waals surface area contributed by atoms with E-state index in [-0.39, 0.29) is 59.5 Å². The van der Waals surface area contributed by atoms with Crippen LogP contribution in [-0.2, 0) is 61.9 Å². The minimum Gasteiger partial charge on any atom is -0.386 e. The molecule has 0 saturated carbocycles. The highest BCUT2D eigenvalue weighted by Gasteiger charge is 2.50. The van der Waals surface area contributed by atoms with E-state index in [0.717, 1.165) is 48.2 Å². The lowest BCUT2D eigenvalue weighted by Gasteiger charge is -2.30. The largest absolute Gasteiger partial charge is 0.481 e. The van der Waals surface area contributed by atoms with Crippen molar-refractivity contribution in [2.24, 2.45) is 28.9 Å². The molecule has 12 N–H and O–H groups in total. The molecule has 1 saturated heterocycles. The zero-order valence-corrected chi connectivity index (χ0v) is 43.7. The maximum absolute atomic E-state index is 12.9. The van der Waals surface area contributed by atoms with E-state index in [1.54, 1.807) is 14.0 Å². The minimum absolute atomic E-state index is 0.0267. The lowest BCUT2D eigenvalue weighted by molar-refractivity contribution is -0.137. The molecule has 1 aliphatic rings. The molecule has 0 bridgehead atoms. The second-order valence-electron chi connectivity index (χ2n) is 18.0. The van der Waals surface area contributed by atoms with Crippen LogP contribution in [0.5, 0.6) is 0 Å². The standard InChI is InChI=1S/C41H67N8O18P3S/c1-24(18-25(2)29(62-6)19-27-10-8-7-9-11-27)12-13-28(42)26(3)40(54)71-17-16-44-31(50)14-15-45-38(53)35(52)41(4,5)21-64-70(60,61)67-69(58,59)63-20-30-34(66-68(55,56)57)33(51)39(65-30)49-23-48-32-36(43)46-22-47-37(32)49/h7-11,22-26,28-30,33-35,39,51-52H,12-21,42H2,1-6H3,(H,44,50)(H,45,53)(H,58,59)(H,60,61)(H2,43,46,47)(H2,55,56,57). The highest BCUT2D eigenvalue weighted by molar-refractivity contribution is 8.13. The third kappa shape index (κ3) is 18.9. The average Bonchev–Trinajstić information content (AvgIpc) is 3.86. The normalized spacial score (nSPS) is 21.9. The van der Waals surface area contributed by atoms with Gasteiger partial charge in [-0.25, -0.2) is 28.6 Å². The molecule has 12 unspecified atom stereocenters. The Kier molecular flexibility index (Phi) is 22.7. The second-order valence-corrected chi connectivity index (χ2v) is 23.4. The number of hydrogen-bond donors (Lipinski definition) is 10. The van der Waals surface area contributed by atoms with E-state index in [9.17, 15) is 57.9 Å². The van der Waals surface area contributed by atoms with E-state index in [1.807, 2.05) is 18.2 Å². The fourth-order valence-corrected chi connectivity index (χ4v) is 11.3. The molecule has 3 heterocycles. The highest BCUT2D eigenvalue weighted by Crippen LogP contribution is 2.61. The summed E-state index contributed by atoms with van der Waals surface area (Å²) in [5.41, 5.74) is 11.9. The molecule has 1 fully saturated rings. The SMILES string of the molecule is COC(Cc1ccccc1)C(C)CC(C)CCC(N)C(C)C(=O)SCCNC(=O)CCNC(=O)C(O)C(C)(C)COP(=O)(O)OP(=O)(O)OCC1OC(n2cnc3c(N)ncnc32)C(O)C1OP(=O)(O)O. The molecule has 1 aromatic carbocycles. The Balaban J connectivity index is 1.13. The molecule has 12 atom stereocenters. The van der Waals surface area contributed by atoms with Crippen LogP contribution in [0.2, 0.25) is 0 Å². The van der Waals surface area contributed by atoms with Crippen molar-refractivity contribution in [3.8, 4) is 0 Å². The number of aliphatic hydroxyl groups is 2. The van der Waals surface area contributed by atoms with E-state index in [0.29, 0.717) is 18.3 Å². The fraction of sp³-hybridized carbons (Fsp3) is 0.659. The topological polar surface area (TPSA) is 399 Å². The number of ether oxygens (including phenoxy) is 2. The van der Waals surface area contributed by atoms with Gasteiger partial charge in [-0.2, -0.15) is 4.31 Å². The number of rotatable bonds is 30. The number of nitrogens with one attached hydrogen (secondary N) is 2. The van der Waals surface area contributed by atoms with Crippen LogP contribution in [0.25, 0.3) is 11.2 Å². The van der Waals surface area contributed by atoms with Crippen molar-refractivity contribution in [1.82, 2.24) is 30.2 Å². The predicted octanol–water partition coefficient (Wildman–Crippen LogP) is 2.33. The first kappa shape index (κ1) is 60.3. The summed E-state index contributed by atoms with van der Waals surface area (Å²) >= 11 is 1.06. The van der Waals surface area contributed by atoms with E-state index in [1.165, 1.54) is 19.4 Å². The molecule has 0 radical (unpaired) electrons. The third-order valence-electron chi connectivity index (χ3n) is 11.7. The van der Waals surface area contributed by atoms with Gasteiger partial charge in [0.05, 0.1) is 25.6 Å². The Morgan fingerprint density at radius 2 is 1.65 bits per heavy atom. The number of amides is 2. The zero-order valence-electron chi connectivity index (χ0n) is 40.2.